The monoisotopic (exact) mass is 740 g/mol. The summed E-state index contributed by atoms with van der Waals surface area (Å²) in [5.41, 5.74) is 4.10. The number of benzene rings is 3. The maximum Gasteiger partial charge on any atom is 0.264 e. The van der Waals surface area contributed by atoms with E-state index in [1.807, 2.05) is 42.5 Å². The number of aromatic amines is 1. The molecule has 1 atom stereocenters. The minimum Gasteiger partial charge on any atom is -0.385 e. The third-order valence-corrected chi connectivity index (χ3v) is 9.09. The molecule has 4 heterocycles. The molecule has 1 saturated heterocycles. The Bertz CT molecular complexity index is 2290. The molecule has 55 heavy (non-hydrogen) atoms. The highest BCUT2D eigenvalue weighted by Gasteiger charge is 2.45. The van der Waals surface area contributed by atoms with Crippen LogP contribution in [-0.4, -0.2) is 73.1 Å². The van der Waals surface area contributed by atoms with Crippen molar-refractivity contribution in [2.45, 2.75) is 44.8 Å². The summed E-state index contributed by atoms with van der Waals surface area (Å²) < 4.78 is 0. The molecule has 278 valence electrons. The third-order valence-electron chi connectivity index (χ3n) is 9.09. The minimum atomic E-state index is -1.10. The van der Waals surface area contributed by atoms with Crippen LogP contribution < -0.4 is 26.6 Å². The summed E-state index contributed by atoms with van der Waals surface area (Å²) in [6.07, 6.45) is 4.01. The van der Waals surface area contributed by atoms with Crippen molar-refractivity contribution in [1.29, 1.82) is 0 Å². The number of nitrogens with one attached hydrogen (secondary N) is 6. The molecule has 0 bridgehead atoms. The molecular weight excluding hydrogens is 704 g/mol. The van der Waals surface area contributed by atoms with Crippen molar-refractivity contribution < 1.29 is 28.8 Å². The molecule has 0 radical (unpaired) electrons. The van der Waals surface area contributed by atoms with Crippen molar-refractivity contribution in [1.82, 2.24) is 35.7 Å². The highest BCUT2D eigenvalue weighted by atomic mass is 16.2. The van der Waals surface area contributed by atoms with Gasteiger partial charge in [0, 0.05) is 60.8 Å². The molecule has 0 spiro atoms. The van der Waals surface area contributed by atoms with E-state index in [0.29, 0.717) is 43.3 Å². The fraction of sp³-hybridized carbons (Fsp3) is 0.205. The zero-order valence-corrected chi connectivity index (χ0v) is 29.4. The topological polar surface area (TPSA) is 220 Å². The smallest absolute Gasteiger partial charge is 0.264 e. The standard InChI is InChI=1S/C39H36N10O6/c50-32(44-29-10-3-9-28-34(29)39(55)49(38(28)54)30-12-13-33(51)46-37(30)53)11-4-16-41-26-7-1-5-23(19-26)21-43-36(52)25-6-2-8-27(20-25)42-22-31-45-35(48-47-31)24-14-17-40-18-15-24/h1-3,5-10,14-15,17-20,30,41-42H,4,11-13,16,21-22H2,(H,43,52)(H,44,50)(H,45,47,48)(H,46,51,53). The number of fused-ring (bicyclic) bond motifs is 1. The van der Waals surface area contributed by atoms with Gasteiger partial charge in [-0.15, -0.1) is 0 Å². The van der Waals surface area contributed by atoms with Gasteiger partial charge in [-0.1, -0.05) is 24.3 Å². The van der Waals surface area contributed by atoms with Crippen molar-refractivity contribution in [3.63, 3.8) is 0 Å². The first kappa shape index (κ1) is 36.1. The predicted octanol–water partition coefficient (Wildman–Crippen LogP) is 3.64. The highest BCUT2D eigenvalue weighted by Crippen LogP contribution is 2.32. The van der Waals surface area contributed by atoms with Crippen LogP contribution in [0.1, 0.15) is 68.1 Å². The molecule has 5 aromatic rings. The van der Waals surface area contributed by atoms with Crippen LogP contribution >= 0.6 is 0 Å². The van der Waals surface area contributed by atoms with Gasteiger partial charge in [-0.05, 0) is 73.0 Å². The van der Waals surface area contributed by atoms with Gasteiger partial charge < -0.3 is 21.3 Å². The Morgan fingerprint density at radius 2 is 1.64 bits per heavy atom. The lowest BCUT2D eigenvalue weighted by atomic mass is 10.0. The Morgan fingerprint density at radius 1 is 0.855 bits per heavy atom. The number of imide groups is 2. The van der Waals surface area contributed by atoms with Crippen molar-refractivity contribution in [2.75, 3.05) is 22.5 Å². The van der Waals surface area contributed by atoms with Gasteiger partial charge in [0.25, 0.3) is 17.7 Å². The number of hydrogen-bond donors (Lipinski definition) is 6. The second-order valence-corrected chi connectivity index (χ2v) is 12.9. The van der Waals surface area contributed by atoms with Crippen LogP contribution in [0.15, 0.2) is 91.3 Å². The van der Waals surface area contributed by atoms with Crippen LogP contribution in [0, 0.1) is 0 Å². The molecule has 6 N–H and O–H groups in total. The number of hydrogen-bond acceptors (Lipinski definition) is 11. The quantitative estimate of drug-likeness (QED) is 0.0713. The van der Waals surface area contributed by atoms with E-state index in [4.69, 9.17) is 0 Å². The van der Waals surface area contributed by atoms with E-state index >= 15 is 0 Å². The number of aromatic nitrogens is 4. The summed E-state index contributed by atoms with van der Waals surface area (Å²) in [4.78, 5) is 85.6. The number of H-pyrrole nitrogens is 1. The molecule has 16 heteroatoms. The maximum absolute atomic E-state index is 13.3. The lowest BCUT2D eigenvalue weighted by Gasteiger charge is -2.27. The second kappa shape index (κ2) is 16.2. The lowest BCUT2D eigenvalue weighted by Crippen LogP contribution is -2.54. The van der Waals surface area contributed by atoms with Crippen LogP contribution in [0.2, 0.25) is 0 Å². The van der Waals surface area contributed by atoms with Crippen LogP contribution in [-0.2, 0) is 27.5 Å². The van der Waals surface area contributed by atoms with Crippen LogP contribution in [0.5, 0.6) is 0 Å². The van der Waals surface area contributed by atoms with Crippen LogP contribution in [0.3, 0.4) is 0 Å². The van der Waals surface area contributed by atoms with Gasteiger partial charge in [0.05, 0.1) is 23.4 Å². The number of carbonyl (C=O) groups excluding carboxylic acids is 6. The molecule has 16 nitrogen and oxygen atoms in total. The summed E-state index contributed by atoms with van der Waals surface area (Å²) >= 11 is 0. The number of rotatable bonds is 14. The molecule has 1 fully saturated rings. The minimum absolute atomic E-state index is 0.0128. The highest BCUT2D eigenvalue weighted by molar-refractivity contribution is 6.26. The lowest BCUT2D eigenvalue weighted by molar-refractivity contribution is -0.136. The molecule has 2 aromatic heterocycles. The molecule has 3 aromatic carbocycles. The Labute approximate surface area is 314 Å². The van der Waals surface area contributed by atoms with Gasteiger partial charge in [0.2, 0.25) is 17.7 Å². The summed E-state index contributed by atoms with van der Waals surface area (Å²) in [5, 5.41) is 21.6. The maximum atomic E-state index is 13.3. The van der Waals surface area contributed by atoms with E-state index in [1.165, 1.54) is 12.1 Å². The summed E-state index contributed by atoms with van der Waals surface area (Å²) in [6, 6.07) is 21.9. The summed E-state index contributed by atoms with van der Waals surface area (Å²) in [5.74, 6) is -1.85. The van der Waals surface area contributed by atoms with Gasteiger partial charge in [-0.25, -0.2) is 4.98 Å². The van der Waals surface area contributed by atoms with Crippen molar-refractivity contribution in [3.05, 3.63) is 119 Å². The largest absolute Gasteiger partial charge is 0.385 e. The Hall–Kier alpha value is -7.23. The van der Waals surface area contributed by atoms with Gasteiger partial charge >= 0.3 is 0 Å². The van der Waals surface area contributed by atoms with Crippen molar-refractivity contribution >= 4 is 52.5 Å². The molecule has 0 aliphatic carbocycles. The molecular formula is C39H36N10O6. The van der Waals surface area contributed by atoms with E-state index < -0.39 is 29.7 Å². The van der Waals surface area contributed by atoms with Crippen molar-refractivity contribution in [3.8, 4) is 11.4 Å². The number of piperidine rings is 1. The van der Waals surface area contributed by atoms with E-state index in [0.717, 1.165) is 27.4 Å². The van der Waals surface area contributed by atoms with E-state index in [9.17, 15) is 28.8 Å². The van der Waals surface area contributed by atoms with Crippen LogP contribution in [0.4, 0.5) is 17.1 Å². The van der Waals surface area contributed by atoms with Gasteiger partial charge in [0.15, 0.2) is 5.82 Å². The zero-order chi connectivity index (χ0) is 38.3. The molecule has 2 aliphatic rings. The molecule has 2 aliphatic heterocycles. The Morgan fingerprint density at radius 3 is 2.45 bits per heavy atom. The first-order valence-electron chi connectivity index (χ1n) is 17.6. The average molecular weight is 741 g/mol. The number of pyridine rings is 1. The number of amides is 6. The predicted molar refractivity (Wildman–Crippen MR) is 200 cm³/mol. The van der Waals surface area contributed by atoms with Gasteiger partial charge in [-0.2, -0.15) is 5.10 Å². The zero-order valence-electron chi connectivity index (χ0n) is 29.4. The van der Waals surface area contributed by atoms with Crippen molar-refractivity contribution in [2.24, 2.45) is 0 Å². The summed E-state index contributed by atoms with van der Waals surface area (Å²) in [7, 11) is 0. The fourth-order valence-corrected chi connectivity index (χ4v) is 6.35. The SMILES string of the molecule is O=C1CCC(N2C(=O)c3cccc(NC(=O)CCCNc4cccc(CNC(=O)c5cccc(NCc6nc(-c7ccncc7)n[nH]6)c5)c4)c3C2=O)C(=O)N1. The number of carbonyl (C=O) groups is 6. The van der Waals surface area contributed by atoms with Crippen LogP contribution in [0.25, 0.3) is 11.4 Å². The number of anilines is 3. The second-order valence-electron chi connectivity index (χ2n) is 12.9. The van der Waals surface area contributed by atoms with E-state index in [1.54, 1.807) is 36.7 Å². The average Bonchev–Trinajstić information content (AvgIpc) is 3.78. The first-order valence-corrected chi connectivity index (χ1v) is 17.6. The molecule has 0 saturated carbocycles. The van der Waals surface area contributed by atoms with Gasteiger partial charge in [0.1, 0.15) is 11.9 Å². The number of nitrogens with zero attached hydrogens (tertiary/aromatic N) is 4. The molecule has 6 amide bonds. The fourth-order valence-electron chi connectivity index (χ4n) is 6.35. The molecule has 1 unspecified atom stereocenters. The summed E-state index contributed by atoms with van der Waals surface area (Å²) in [6.45, 7) is 1.15. The van der Waals surface area contributed by atoms with E-state index in [-0.39, 0.29) is 47.9 Å². The Kier molecular flexibility index (Phi) is 10.6. The van der Waals surface area contributed by atoms with E-state index in [2.05, 4.69) is 46.7 Å². The first-order chi connectivity index (χ1) is 26.7. The normalized spacial score (nSPS) is 15.0. The Balaban J connectivity index is 0.856. The third kappa shape index (κ3) is 8.38. The van der Waals surface area contributed by atoms with Gasteiger partial charge in [-0.3, -0.25) is 49.1 Å². The molecule has 7 rings (SSSR count).